The van der Waals surface area contributed by atoms with Gasteiger partial charge in [-0.25, -0.2) is 0 Å². The first-order valence-corrected chi connectivity index (χ1v) is 6.60. The van der Waals surface area contributed by atoms with Crippen molar-refractivity contribution in [2.75, 3.05) is 13.1 Å². The molecule has 1 unspecified atom stereocenters. The summed E-state index contributed by atoms with van der Waals surface area (Å²) in [4.78, 5) is 14.3. The van der Waals surface area contributed by atoms with Crippen LogP contribution >= 0.6 is 0 Å². The minimum Gasteiger partial charge on any atom is -0.339 e. The van der Waals surface area contributed by atoms with E-state index in [0.717, 1.165) is 19.5 Å². The largest absolute Gasteiger partial charge is 0.339 e. The zero-order chi connectivity index (χ0) is 13.2. The second kappa shape index (κ2) is 5.11. The third-order valence-corrected chi connectivity index (χ3v) is 3.44. The number of hydrogen-bond donors (Lipinski definition) is 1. The highest BCUT2D eigenvalue weighted by atomic mass is 16.2. The van der Waals surface area contributed by atoms with Gasteiger partial charge in [0.2, 0.25) is 5.91 Å². The fourth-order valence-electron chi connectivity index (χ4n) is 2.63. The summed E-state index contributed by atoms with van der Waals surface area (Å²) >= 11 is 0. The quantitative estimate of drug-likeness (QED) is 0.882. The van der Waals surface area contributed by atoms with Crippen LogP contribution in [0.2, 0.25) is 0 Å². The maximum absolute atomic E-state index is 12.3. The van der Waals surface area contributed by atoms with Crippen LogP contribution < -0.4 is 5.32 Å². The first-order valence-electron chi connectivity index (χ1n) is 6.60. The lowest BCUT2D eigenvalue weighted by Crippen LogP contribution is -2.64. The molecule has 0 aliphatic carbocycles. The van der Waals surface area contributed by atoms with Crippen molar-refractivity contribution in [3.8, 4) is 0 Å². The van der Waals surface area contributed by atoms with Gasteiger partial charge in [0.1, 0.15) is 0 Å². The minimum atomic E-state index is -0.436. The lowest BCUT2D eigenvalue weighted by Gasteiger charge is -2.41. The Labute approximate surface area is 109 Å². The first kappa shape index (κ1) is 13.1. The average molecular weight is 246 g/mol. The Morgan fingerprint density at radius 1 is 1.33 bits per heavy atom. The predicted octanol–water partition coefficient (Wildman–Crippen LogP) is 1.83. The molecule has 2 rings (SSSR count). The van der Waals surface area contributed by atoms with E-state index < -0.39 is 5.54 Å². The molecule has 1 aromatic rings. The third-order valence-electron chi connectivity index (χ3n) is 3.44. The molecule has 98 valence electrons. The fourth-order valence-corrected chi connectivity index (χ4v) is 2.63. The van der Waals surface area contributed by atoms with Crippen LogP contribution in [-0.4, -0.2) is 35.5 Å². The summed E-state index contributed by atoms with van der Waals surface area (Å²) < 4.78 is 0. The number of amides is 1. The molecular formula is C15H22N2O. The van der Waals surface area contributed by atoms with Crippen LogP contribution in [0.4, 0.5) is 0 Å². The molecule has 1 saturated heterocycles. The summed E-state index contributed by atoms with van der Waals surface area (Å²) in [6, 6.07) is 10.7. The molecule has 3 nitrogen and oxygen atoms in total. The molecule has 1 heterocycles. The second-order valence-corrected chi connectivity index (χ2v) is 5.66. The van der Waals surface area contributed by atoms with Crippen LogP contribution in [0.1, 0.15) is 26.3 Å². The number of carbonyl (C=O) groups is 1. The Morgan fingerprint density at radius 2 is 2.00 bits per heavy atom. The Bertz CT molecular complexity index is 414. The second-order valence-electron chi connectivity index (χ2n) is 5.66. The van der Waals surface area contributed by atoms with Crippen molar-refractivity contribution in [3.63, 3.8) is 0 Å². The van der Waals surface area contributed by atoms with Gasteiger partial charge in [0.25, 0.3) is 0 Å². The van der Waals surface area contributed by atoms with Gasteiger partial charge in [-0.3, -0.25) is 10.1 Å². The summed E-state index contributed by atoms with van der Waals surface area (Å²) in [6.07, 6.45) is 0.926. The van der Waals surface area contributed by atoms with Crippen molar-refractivity contribution < 1.29 is 4.79 Å². The molecule has 1 aliphatic heterocycles. The SMILES string of the molecule is CC1CN(CCc2ccccc2)C(=O)C(C)(C)N1. The number of benzene rings is 1. The van der Waals surface area contributed by atoms with Crippen molar-refractivity contribution in [2.45, 2.75) is 38.8 Å². The Morgan fingerprint density at radius 3 is 2.67 bits per heavy atom. The van der Waals surface area contributed by atoms with E-state index >= 15 is 0 Å². The normalized spacial score (nSPS) is 23.2. The monoisotopic (exact) mass is 246 g/mol. The van der Waals surface area contributed by atoms with Gasteiger partial charge in [0.15, 0.2) is 0 Å². The summed E-state index contributed by atoms with van der Waals surface area (Å²) in [5.74, 6) is 0.205. The van der Waals surface area contributed by atoms with Gasteiger partial charge < -0.3 is 4.90 Å². The van der Waals surface area contributed by atoms with Crippen LogP contribution in [0.15, 0.2) is 30.3 Å². The van der Waals surface area contributed by atoms with E-state index in [1.165, 1.54) is 5.56 Å². The first-order chi connectivity index (χ1) is 8.49. The van der Waals surface area contributed by atoms with Gasteiger partial charge >= 0.3 is 0 Å². The zero-order valence-corrected chi connectivity index (χ0v) is 11.4. The van der Waals surface area contributed by atoms with Crippen molar-refractivity contribution in [3.05, 3.63) is 35.9 Å². The van der Waals surface area contributed by atoms with Gasteiger partial charge in [0.05, 0.1) is 5.54 Å². The highest BCUT2D eigenvalue weighted by Crippen LogP contribution is 2.16. The number of nitrogens with one attached hydrogen (secondary N) is 1. The van der Waals surface area contributed by atoms with Crippen molar-refractivity contribution in [2.24, 2.45) is 0 Å². The Kier molecular flexibility index (Phi) is 3.71. The summed E-state index contributed by atoms with van der Waals surface area (Å²) in [5, 5.41) is 3.34. The standard InChI is InChI=1S/C15H22N2O/c1-12-11-17(14(18)15(2,3)16-12)10-9-13-7-5-4-6-8-13/h4-8,12,16H,9-11H2,1-3H3. The maximum atomic E-state index is 12.3. The fraction of sp³-hybridized carbons (Fsp3) is 0.533. The molecule has 0 aromatic heterocycles. The molecule has 1 atom stereocenters. The van der Waals surface area contributed by atoms with Crippen LogP contribution in [0.3, 0.4) is 0 Å². The molecule has 0 spiro atoms. The third kappa shape index (κ3) is 2.91. The van der Waals surface area contributed by atoms with E-state index in [9.17, 15) is 4.79 Å². The van der Waals surface area contributed by atoms with E-state index in [1.54, 1.807) is 0 Å². The van der Waals surface area contributed by atoms with Gasteiger partial charge in [-0.1, -0.05) is 30.3 Å². The molecule has 1 amide bonds. The summed E-state index contributed by atoms with van der Waals surface area (Å²) in [6.45, 7) is 7.65. The number of hydrogen-bond acceptors (Lipinski definition) is 2. The van der Waals surface area contributed by atoms with Crippen molar-refractivity contribution in [1.82, 2.24) is 10.2 Å². The molecule has 1 aromatic carbocycles. The van der Waals surface area contributed by atoms with Crippen LogP contribution in [0.5, 0.6) is 0 Å². The smallest absolute Gasteiger partial charge is 0.242 e. The lowest BCUT2D eigenvalue weighted by atomic mass is 9.97. The van der Waals surface area contributed by atoms with E-state index in [0.29, 0.717) is 6.04 Å². The van der Waals surface area contributed by atoms with E-state index in [1.807, 2.05) is 36.9 Å². The van der Waals surface area contributed by atoms with Gasteiger partial charge in [-0.2, -0.15) is 0 Å². The molecule has 1 aliphatic rings. The van der Waals surface area contributed by atoms with Crippen LogP contribution in [-0.2, 0) is 11.2 Å². The number of carbonyl (C=O) groups excluding carboxylic acids is 1. The van der Waals surface area contributed by atoms with Crippen LogP contribution in [0.25, 0.3) is 0 Å². The topological polar surface area (TPSA) is 32.3 Å². The van der Waals surface area contributed by atoms with Gasteiger partial charge in [0, 0.05) is 19.1 Å². The van der Waals surface area contributed by atoms with Crippen molar-refractivity contribution in [1.29, 1.82) is 0 Å². The number of piperazine rings is 1. The molecule has 0 radical (unpaired) electrons. The summed E-state index contributed by atoms with van der Waals surface area (Å²) in [5.41, 5.74) is 0.850. The Balaban J connectivity index is 1.98. The van der Waals surface area contributed by atoms with Gasteiger partial charge in [-0.15, -0.1) is 0 Å². The molecule has 3 heteroatoms. The predicted molar refractivity (Wildman–Crippen MR) is 73.4 cm³/mol. The zero-order valence-electron chi connectivity index (χ0n) is 11.4. The molecule has 1 fully saturated rings. The maximum Gasteiger partial charge on any atom is 0.242 e. The average Bonchev–Trinajstić information content (AvgIpc) is 2.33. The van der Waals surface area contributed by atoms with Crippen LogP contribution in [0, 0.1) is 0 Å². The molecule has 1 N–H and O–H groups in total. The number of rotatable bonds is 3. The molecular weight excluding hydrogens is 224 g/mol. The van der Waals surface area contributed by atoms with E-state index in [-0.39, 0.29) is 5.91 Å². The highest BCUT2D eigenvalue weighted by Gasteiger charge is 2.37. The van der Waals surface area contributed by atoms with Gasteiger partial charge in [-0.05, 0) is 32.8 Å². The summed E-state index contributed by atoms with van der Waals surface area (Å²) in [7, 11) is 0. The Hall–Kier alpha value is -1.35. The molecule has 0 bridgehead atoms. The highest BCUT2D eigenvalue weighted by molar-refractivity contribution is 5.86. The molecule has 18 heavy (non-hydrogen) atoms. The van der Waals surface area contributed by atoms with Crippen molar-refractivity contribution >= 4 is 5.91 Å². The number of nitrogens with zero attached hydrogens (tertiary/aromatic N) is 1. The lowest BCUT2D eigenvalue weighted by molar-refractivity contribution is -0.141. The minimum absolute atomic E-state index is 0.205. The van der Waals surface area contributed by atoms with E-state index in [2.05, 4.69) is 24.4 Å². The molecule has 0 saturated carbocycles. The van der Waals surface area contributed by atoms with E-state index in [4.69, 9.17) is 0 Å².